The Balaban J connectivity index is 2.54. The van der Waals surface area contributed by atoms with Crippen LogP contribution in [0.2, 0.25) is 0 Å². The summed E-state index contributed by atoms with van der Waals surface area (Å²) in [7, 11) is 1.70. The Bertz CT molecular complexity index is 347. The van der Waals surface area contributed by atoms with Gasteiger partial charge in [0.05, 0.1) is 12.6 Å². The summed E-state index contributed by atoms with van der Waals surface area (Å²) in [5.74, 6) is 0. The predicted molar refractivity (Wildman–Crippen MR) is 65.4 cm³/mol. The maximum Gasteiger partial charge on any atom is 0.411 e. The third-order valence-corrected chi connectivity index (χ3v) is 4.37. The quantitative estimate of drug-likeness (QED) is 0.889. The largest absolute Gasteiger partial charge is 0.411 e. The Morgan fingerprint density at radius 1 is 1.53 bits per heavy atom. The molecule has 1 aromatic rings. The Morgan fingerprint density at radius 2 is 2.18 bits per heavy atom. The van der Waals surface area contributed by atoms with E-state index < -0.39 is 12.8 Å². The van der Waals surface area contributed by atoms with Gasteiger partial charge < -0.3 is 10.1 Å². The van der Waals surface area contributed by atoms with Crippen LogP contribution in [0.1, 0.15) is 15.8 Å². The first kappa shape index (κ1) is 14.9. The molecule has 0 saturated heterocycles. The highest BCUT2D eigenvalue weighted by molar-refractivity contribution is 9.10. The van der Waals surface area contributed by atoms with Crippen LogP contribution in [0, 0.1) is 6.92 Å². The van der Waals surface area contributed by atoms with E-state index in [0.717, 1.165) is 14.2 Å². The van der Waals surface area contributed by atoms with E-state index >= 15 is 0 Å². The maximum atomic E-state index is 11.9. The number of thiophene rings is 1. The van der Waals surface area contributed by atoms with Crippen molar-refractivity contribution < 1.29 is 17.9 Å². The van der Waals surface area contributed by atoms with Crippen molar-refractivity contribution in [2.45, 2.75) is 19.1 Å². The van der Waals surface area contributed by atoms with Crippen molar-refractivity contribution in [2.24, 2.45) is 0 Å². The zero-order valence-electron chi connectivity index (χ0n) is 9.40. The van der Waals surface area contributed by atoms with Gasteiger partial charge in [0.2, 0.25) is 0 Å². The maximum absolute atomic E-state index is 11.9. The van der Waals surface area contributed by atoms with E-state index in [4.69, 9.17) is 0 Å². The van der Waals surface area contributed by atoms with Crippen molar-refractivity contribution in [2.75, 3.05) is 20.3 Å². The monoisotopic (exact) mass is 331 g/mol. The van der Waals surface area contributed by atoms with Gasteiger partial charge in [-0.15, -0.1) is 11.3 Å². The van der Waals surface area contributed by atoms with Gasteiger partial charge in [0, 0.05) is 14.2 Å². The molecule has 0 aromatic carbocycles. The molecule has 2 nitrogen and oxygen atoms in total. The van der Waals surface area contributed by atoms with E-state index in [1.807, 2.05) is 13.0 Å². The van der Waals surface area contributed by atoms with Crippen molar-refractivity contribution >= 4 is 27.3 Å². The van der Waals surface area contributed by atoms with Crippen molar-refractivity contribution in [3.63, 3.8) is 0 Å². The summed E-state index contributed by atoms with van der Waals surface area (Å²) < 4.78 is 41.4. The molecule has 0 aliphatic heterocycles. The summed E-state index contributed by atoms with van der Waals surface area (Å²) in [5, 5.41) is 2.94. The number of hydrogen-bond donors (Lipinski definition) is 1. The summed E-state index contributed by atoms with van der Waals surface area (Å²) in [6, 6.07) is 1.69. The van der Waals surface area contributed by atoms with Gasteiger partial charge in [-0.25, -0.2) is 0 Å². The van der Waals surface area contributed by atoms with E-state index in [9.17, 15) is 13.2 Å². The van der Waals surface area contributed by atoms with Crippen molar-refractivity contribution in [3.05, 3.63) is 20.3 Å². The van der Waals surface area contributed by atoms with Crippen LogP contribution in [0.4, 0.5) is 13.2 Å². The normalized spacial score (nSPS) is 14.0. The van der Waals surface area contributed by atoms with E-state index in [-0.39, 0.29) is 12.6 Å². The number of hydrogen-bond acceptors (Lipinski definition) is 3. The van der Waals surface area contributed by atoms with Crippen molar-refractivity contribution in [1.29, 1.82) is 0 Å². The number of alkyl halides is 3. The molecular formula is C10H13BrF3NOS. The van der Waals surface area contributed by atoms with Gasteiger partial charge in [-0.3, -0.25) is 0 Å². The number of rotatable bonds is 5. The first-order valence-electron chi connectivity index (χ1n) is 4.91. The standard InChI is InChI=1S/C10H13BrF3NOS/c1-6-7(11)3-9(17-6)8(15-2)4-16-5-10(12,13)14/h3,8,15H,4-5H2,1-2H3. The van der Waals surface area contributed by atoms with Gasteiger partial charge in [0.15, 0.2) is 0 Å². The average Bonchev–Trinajstić information content (AvgIpc) is 2.52. The second kappa shape index (κ2) is 6.17. The number of nitrogens with one attached hydrogen (secondary N) is 1. The van der Waals surface area contributed by atoms with E-state index in [0.29, 0.717) is 0 Å². The van der Waals surface area contributed by atoms with Crippen LogP contribution in [0.25, 0.3) is 0 Å². The van der Waals surface area contributed by atoms with Crippen LogP contribution in [0.3, 0.4) is 0 Å². The molecule has 98 valence electrons. The van der Waals surface area contributed by atoms with E-state index in [1.165, 1.54) is 11.3 Å². The molecule has 1 aromatic heterocycles. The summed E-state index contributed by atoms with van der Waals surface area (Å²) >= 11 is 4.91. The van der Waals surface area contributed by atoms with Gasteiger partial charge in [-0.05, 0) is 36.0 Å². The fraction of sp³-hybridized carbons (Fsp3) is 0.600. The summed E-state index contributed by atoms with van der Waals surface area (Å²) in [6.45, 7) is 0.737. The second-order valence-corrected chi connectivity index (χ2v) is 5.67. The first-order chi connectivity index (χ1) is 7.83. The van der Waals surface area contributed by atoms with Gasteiger partial charge >= 0.3 is 6.18 Å². The molecule has 1 rings (SSSR count). The molecule has 1 unspecified atom stereocenters. The van der Waals surface area contributed by atoms with Gasteiger partial charge in [-0.1, -0.05) is 0 Å². The van der Waals surface area contributed by atoms with Crippen LogP contribution in [0.5, 0.6) is 0 Å². The zero-order chi connectivity index (χ0) is 13.1. The molecule has 1 heterocycles. The number of aryl methyl sites for hydroxylation is 1. The van der Waals surface area contributed by atoms with E-state index in [2.05, 4.69) is 26.0 Å². The highest BCUT2D eigenvalue weighted by Gasteiger charge is 2.28. The lowest BCUT2D eigenvalue weighted by molar-refractivity contribution is -0.175. The molecular weight excluding hydrogens is 319 g/mol. The smallest absolute Gasteiger partial charge is 0.370 e. The van der Waals surface area contributed by atoms with Crippen LogP contribution in [-0.2, 0) is 4.74 Å². The molecule has 0 fully saturated rings. The van der Waals surface area contributed by atoms with Crippen molar-refractivity contribution in [1.82, 2.24) is 5.32 Å². The minimum Gasteiger partial charge on any atom is -0.370 e. The molecule has 0 aliphatic rings. The molecule has 0 amide bonds. The molecule has 0 saturated carbocycles. The number of likely N-dealkylation sites (N-methyl/N-ethyl adjacent to an activating group) is 1. The zero-order valence-corrected chi connectivity index (χ0v) is 11.8. The highest BCUT2D eigenvalue weighted by atomic mass is 79.9. The van der Waals surface area contributed by atoms with Gasteiger partial charge in [0.25, 0.3) is 0 Å². The molecule has 0 radical (unpaired) electrons. The van der Waals surface area contributed by atoms with Gasteiger partial charge in [-0.2, -0.15) is 13.2 Å². The molecule has 0 bridgehead atoms. The molecule has 0 spiro atoms. The lowest BCUT2D eigenvalue weighted by Crippen LogP contribution is -2.25. The third-order valence-electron chi connectivity index (χ3n) is 2.12. The fourth-order valence-corrected chi connectivity index (χ4v) is 2.91. The van der Waals surface area contributed by atoms with Crippen LogP contribution >= 0.6 is 27.3 Å². The van der Waals surface area contributed by atoms with Crippen LogP contribution in [-0.4, -0.2) is 26.4 Å². The lowest BCUT2D eigenvalue weighted by atomic mass is 10.2. The summed E-state index contributed by atoms with van der Waals surface area (Å²) in [4.78, 5) is 2.05. The number of ether oxygens (including phenoxy) is 1. The minimum atomic E-state index is -4.27. The molecule has 17 heavy (non-hydrogen) atoms. The Labute approximate surface area is 110 Å². The summed E-state index contributed by atoms with van der Waals surface area (Å²) in [6.07, 6.45) is -4.27. The lowest BCUT2D eigenvalue weighted by Gasteiger charge is -2.15. The molecule has 1 N–H and O–H groups in total. The minimum absolute atomic E-state index is 0.00238. The SMILES string of the molecule is CNC(COCC(F)(F)F)c1cc(Br)c(C)s1. The fourth-order valence-electron chi connectivity index (χ4n) is 1.25. The Kier molecular flexibility index (Phi) is 5.43. The van der Waals surface area contributed by atoms with E-state index in [1.54, 1.807) is 7.05 Å². The molecule has 7 heteroatoms. The Morgan fingerprint density at radius 3 is 2.59 bits per heavy atom. The van der Waals surface area contributed by atoms with Gasteiger partial charge in [0.1, 0.15) is 6.61 Å². The Hall–Kier alpha value is -0.110. The first-order valence-corrected chi connectivity index (χ1v) is 6.52. The predicted octanol–water partition coefficient (Wildman–Crippen LogP) is 3.66. The molecule has 0 aliphatic carbocycles. The van der Waals surface area contributed by atoms with Crippen LogP contribution < -0.4 is 5.32 Å². The van der Waals surface area contributed by atoms with Crippen molar-refractivity contribution in [3.8, 4) is 0 Å². The number of halogens is 4. The summed E-state index contributed by atoms with van der Waals surface area (Å²) in [5.41, 5.74) is 0. The third kappa shape index (κ3) is 4.95. The molecule has 1 atom stereocenters. The topological polar surface area (TPSA) is 21.3 Å². The van der Waals surface area contributed by atoms with Crippen LogP contribution in [0.15, 0.2) is 10.5 Å². The second-order valence-electron chi connectivity index (χ2n) is 3.52. The average molecular weight is 332 g/mol. The highest BCUT2D eigenvalue weighted by Crippen LogP contribution is 2.30.